The average Bonchev–Trinajstić information content (AvgIpc) is 1.82. The first-order valence-electron chi connectivity index (χ1n) is 4.47. The monoisotopic (exact) mass is 177 g/mol. The van der Waals surface area contributed by atoms with Crippen molar-refractivity contribution in [3.63, 3.8) is 0 Å². The maximum Gasteiger partial charge on any atom is 0.260 e. The van der Waals surface area contributed by atoms with Gasteiger partial charge in [-0.15, -0.1) is 0 Å². The summed E-state index contributed by atoms with van der Waals surface area (Å²) in [4.78, 5) is 1.73. The molecular weight excluding hydrogens is 160 g/mol. The van der Waals surface area contributed by atoms with Crippen LogP contribution in [0.3, 0.4) is 0 Å². The number of nitrogens with zero attached hydrogens (tertiary/aromatic N) is 1. The van der Waals surface area contributed by atoms with Crippen molar-refractivity contribution in [2.45, 2.75) is 26.2 Å². The average molecular weight is 177 g/mol. The Morgan fingerprint density at radius 1 is 1.42 bits per heavy atom. The third-order valence-electron chi connectivity index (χ3n) is 2.55. The van der Waals surface area contributed by atoms with Gasteiger partial charge >= 0.3 is 0 Å². The van der Waals surface area contributed by atoms with Gasteiger partial charge in [-0.25, -0.2) is 8.78 Å². The van der Waals surface area contributed by atoms with E-state index >= 15 is 0 Å². The van der Waals surface area contributed by atoms with Gasteiger partial charge in [0.15, 0.2) is 0 Å². The standard InChI is InChI=1S/C9H17F2N/c1-7(2)8-4-9(10,11)6-12(3)5-8/h7-8H,4-6H2,1-3H3. The minimum absolute atomic E-state index is 0.0645. The Bertz CT molecular complexity index is 157. The van der Waals surface area contributed by atoms with Gasteiger partial charge in [-0.05, 0) is 18.9 Å². The molecule has 1 heterocycles. The number of alkyl halides is 2. The second kappa shape index (κ2) is 3.29. The summed E-state index contributed by atoms with van der Waals surface area (Å²) in [6.45, 7) is 4.77. The van der Waals surface area contributed by atoms with Crippen molar-refractivity contribution in [2.24, 2.45) is 11.8 Å². The zero-order valence-corrected chi connectivity index (χ0v) is 7.98. The number of halogens is 2. The lowest BCUT2D eigenvalue weighted by molar-refractivity contribution is -0.0850. The highest BCUT2D eigenvalue weighted by atomic mass is 19.3. The van der Waals surface area contributed by atoms with Crippen LogP contribution in [0.5, 0.6) is 0 Å². The minimum atomic E-state index is -2.47. The van der Waals surface area contributed by atoms with E-state index in [-0.39, 0.29) is 18.9 Å². The molecule has 0 aliphatic carbocycles. The van der Waals surface area contributed by atoms with Crippen molar-refractivity contribution in [1.82, 2.24) is 4.90 Å². The van der Waals surface area contributed by atoms with E-state index in [1.165, 1.54) is 0 Å². The van der Waals surface area contributed by atoms with Crippen molar-refractivity contribution in [3.05, 3.63) is 0 Å². The molecule has 72 valence electrons. The van der Waals surface area contributed by atoms with Gasteiger partial charge in [0, 0.05) is 13.0 Å². The van der Waals surface area contributed by atoms with Gasteiger partial charge in [-0.2, -0.15) is 0 Å². The van der Waals surface area contributed by atoms with Crippen LogP contribution in [-0.4, -0.2) is 31.0 Å². The fourth-order valence-electron chi connectivity index (χ4n) is 1.82. The summed E-state index contributed by atoms with van der Waals surface area (Å²) in [5, 5.41) is 0. The van der Waals surface area contributed by atoms with E-state index in [9.17, 15) is 8.78 Å². The normalized spacial score (nSPS) is 31.0. The third kappa shape index (κ3) is 2.41. The van der Waals surface area contributed by atoms with Crippen molar-refractivity contribution in [1.29, 1.82) is 0 Å². The number of hydrogen-bond acceptors (Lipinski definition) is 1. The third-order valence-corrected chi connectivity index (χ3v) is 2.55. The van der Waals surface area contributed by atoms with Crippen molar-refractivity contribution in [2.75, 3.05) is 20.1 Å². The minimum Gasteiger partial charge on any atom is -0.300 e. The molecule has 0 aromatic rings. The molecular formula is C9H17F2N. The van der Waals surface area contributed by atoms with E-state index in [2.05, 4.69) is 0 Å². The molecule has 0 aromatic heterocycles. The van der Waals surface area contributed by atoms with E-state index < -0.39 is 5.92 Å². The molecule has 1 nitrogen and oxygen atoms in total. The molecule has 1 unspecified atom stereocenters. The van der Waals surface area contributed by atoms with Gasteiger partial charge in [0.05, 0.1) is 6.54 Å². The molecule has 1 atom stereocenters. The number of hydrogen-bond donors (Lipinski definition) is 0. The SMILES string of the molecule is CC(C)C1CN(C)CC(F)(F)C1. The molecule has 0 aromatic carbocycles. The van der Waals surface area contributed by atoms with Gasteiger partial charge in [-0.1, -0.05) is 13.8 Å². The molecule has 0 N–H and O–H groups in total. The lowest BCUT2D eigenvalue weighted by atomic mass is 9.86. The quantitative estimate of drug-likeness (QED) is 0.593. The fourth-order valence-corrected chi connectivity index (χ4v) is 1.82. The van der Waals surface area contributed by atoms with E-state index in [1.807, 2.05) is 13.8 Å². The van der Waals surface area contributed by atoms with Gasteiger partial charge in [0.25, 0.3) is 5.92 Å². The summed E-state index contributed by atoms with van der Waals surface area (Å²) in [6, 6.07) is 0. The zero-order valence-electron chi connectivity index (χ0n) is 7.98. The van der Waals surface area contributed by atoms with Crippen LogP contribution < -0.4 is 0 Å². The lowest BCUT2D eigenvalue weighted by Crippen LogP contribution is -2.46. The van der Waals surface area contributed by atoms with Crippen LogP contribution in [0.25, 0.3) is 0 Å². The first-order chi connectivity index (χ1) is 5.41. The molecule has 1 fully saturated rings. The lowest BCUT2D eigenvalue weighted by Gasteiger charge is -2.37. The number of piperidine rings is 1. The topological polar surface area (TPSA) is 3.24 Å². The van der Waals surface area contributed by atoms with Crippen LogP contribution in [0.1, 0.15) is 20.3 Å². The Kier molecular flexibility index (Phi) is 2.71. The Hall–Kier alpha value is -0.180. The first kappa shape index (κ1) is 9.90. The van der Waals surface area contributed by atoms with Crippen LogP contribution >= 0.6 is 0 Å². The molecule has 1 rings (SSSR count). The first-order valence-corrected chi connectivity index (χ1v) is 4.47. The number of likely N-dealkylation sites (tertiary alicyclic amines) is 1. The summed E-state index contributed by atoms with van der Waals surface area (Å²) in [7, 11) is 1.77. The van der Waals surface area contributed by atoms with E-state index in [0.29, 0.717) is 5.92 Å². The Labute approximate surface area is 72.7 Å². The molecule has 0 bridgehead atoms. The van der Waals surface area contributed by atoms with Gasteiger partial charge in [0.2, 0.25) is 0 Å². The second-order valence-electron chi connectivity index (χ2n) is 4.26. The maximum absolute atomic E-state index is 13.0. The molecule has 0 radical (unpaired) electrons. The predicted octanol–water partition coefficient (Wildman–Crippen LogP) is 2.23. The summed E-state index contributed by atoms with van der Waals surface area (Å²) >= 11 is 0. The van der Waals surface area contributed by atoms with Crippen LogP contribution in [0, 0.1) is 11.8 Å². The Morgan fingerprint density at radius 2 is 2.00 bits per heavy atom. The van der Waals surface area contributed by atoms with Crippen LogP contribution in [-0.2, 0) is 0 Å². The highest BCUT2D eigenvalue weighted by Crippen LogP contribution is 2.33. The smallest absolute Gasteiger partial charge is 0.260 e. The van der Waals surface area contributed by atoms with Gasteiger partial charge < -0.3 is 4.90 Å². The molecule has 12 heavy (non-hydrogen) atoms. The summed E-state index contributed by atoms with van der Waals surface area (Å²) in [5.74, 6) is -1.96. The number of rotatable bonds is 1. The molecule has 1 aliphatic rings. The summed E-state index contributed by atoms with van der Waals surface area (Å²) in [6.07, 6.45) is 0.0645. The highest BCUT2D eigenvalue weighted by molar-refractivity contribution is 4.83. The second-order valence-corrected chi connectivity index (χ2v) is 4.26. The molecule has 0 amide bonds. The van der Waals surface area contributed by atoms with Crippen LogP contribution in [0.4, 0.5) is 8.78 Å². The molecule has 3 heteroatoms. The Morgan fingerprint density at radius 3 is 2.42 bits per heavy atom. The predicted molar refractivity (Wildman–Crippen MR) is 45.4 cm³/mol. The summed E-state index contributed by atoms with van der Waals surface area (Å²) < 4.78 is 26.0. The van der Waals surface area contributed by atoms with Crippen molar-refractivity contribution >= 4 is 0 Å². The van der Waals surface area contributed by atoms with E-state index in [0.717, 1.165) is 6.54 Å². The molecule has 0 saturated carbocycles. The molecule has 1 aliphatic heterocycles. The van der Waals surface area contributed by atoms with Gasteiger partial charge in [0.1, 0.15) is 0 Å². The largest absolute Gasteiger partial charge is 0.300 e. The zero-order chi connectivity index (χ0) is 9.35. The maximum atomic E-state index is 13.0. The summed E-state index contributed by atoms with van der Waals surface area (Å²) in [5.41, 5.74) is 0. The fraction of sp³-hybridized carbons (Fsp3) is 1.00. The van der Waals surface area contributed by atoms with Crippen molar-refractivity contribution < 1.29 is 8.78 Å². The van der Waals surface area contributed by atoms with E-state index in [1.54, 1.807) is 11.9 Å². The molecule has 0 spiro atoms. The Balaban J connectivity index is 2.58. The van der Waals surface area contributed by atoms with Crippen molar-refractivity contribution in [3.8, 4) is 0 Å². The van der Waals surface area contributed by atoms with Crippen LogP contribution in [0.2, 0.25) is 0 Å². The van der Waals surface area contributed by atoms with Gasteiger partial charge in [-0.3, -0.25) is 0 Å². The van der Waals surface area contributed by atoms with Crippen LogP contribution in [0.15, 0.2) is 0 Å². The highest BCUT2D eigenvalue weighted by Gasteiger charge is 2.39. The molecule has 1 saturated heterocycles. The van der Waals surface area contributed by atoms with E-state index in [4.69, 9.17) is 0 Å².